The Balaban J connectivity index is 3.54. The molecule has 0 fully saturated rings. The van der Waals surface area contributed by atoms with Crippen LogP contribution in [0.1, 0.15) is 117 Å². The van der Waals surface area contributed by atoms with Crippen LogP contribution in [0.15, 0.2) is 0 Å². The molecule has 0 amide bonds. The van der Waals surface area contributed by atoms with E-state index in [0.717, 1.165) is 38.5 Å². The Morgan fingerprint density at radius 3 is 1.69 bits per heavy atom. The molecule has 0 rings (SSSR count). The van der Waals surface area contributed by atoms with Crippen LogP contribution in [-0.4, -0.2) is 24.6 Å². The summed E-state index contributed by atoms with van der Waals surface area (Å²) < 4.78 is 10.6. The summed E-state index contributed by atoms with van der Waals surface area (Å²) in [6.07, 6.45) is 15.2. The number of hydrogen-bond donors (Lipinski definition) is 0. The van der Waals surface area contributed by atoms with E-state index in [4.69, 9.17) is 9.47 Å². The fourth-order valence-corrected chi connectivity index (χ4v) is 3.03. The van der Waals surface area contributed by atoms with Crippen molar-refractivity contribution >= 4 is 11.9 Å². The van der Waals surface area contributed by atoms with Crippen LogP contribution >= 0.6 is 0 Å². The van der Waals surface area contributed by atoms with Crippen LogP contribution in [0.4, 0.5) is 0 Å². The minimum Gasteiger partial charge on any atom is -0.466 e. The third-order valence-corrected chi connectivity index (χ3v) is 4.56. The van der Waals surface area contributed by atoms with E-state index < -0.39 is 0 Å². The SMILES string of the molecule is CCCCCCCCCCCOC(=O)CCC(=O)OC(CCC)CCC. The van der Waals surface area contributed by atoms with Gasteiger partial charge in [-0.25, -0.2) is 0 Å². The van der Waals surface area contributed by atoms with Crippen molar-refractivity contribution in [3.8, 4) is 0 Å². The Labute approximate surface area is 161 Å². The summed E-state index contributed by atoms with van der Waals surface area (Å²) in [4.78, 5) is 23.5. The molecule has 0 aliphatic rings. The highest BCUT2D eigenvalue weighted by molar-refractivity contribution is 5.77. The first kappa shape index (κ1) is 24.9. The lowest BCUT2D eigenvalue weighted by Crippen LogP contribution is -2.19. The van der Waals surface area contributed by atoms with Gasteiger partial charge in [0.05, 0.1) is 19.4 Å². The van der Waals surface area contributed by atoms with Gasteiger partial charge in [0.25, 0.3) is 0 Å². The van der Waals surface area contributed by atoms with E-state index in [0.29, 0.717) is 6.61 Å². The molecule has 0 aromatic rings. The van der Waals surface area contributed by atoms with Gasteiger partial charge in [0.15, 0.2) is 0 Å². The Kier molecular flexibility index (Phi) is 18.0. The summed E-state index contributed by atoms with van der Waals surface area (Å²) in [5, 5.41) is 0. The fraction of sp³-hybridized carbons (Fsp3) is 0.909. The van der Waals surface area contributed by atoms with Crippen molar-refractivity contribution in [1.82, 2.24) is 0 Å². The quantitative estimate of drug-likeness (QED) is 0.208. The Hall–Kier alpha value is -1.06. The van der Waals surface area contributed by atoms with Gasteiger partial charge in [-0.05, 0) is 19.3 Å². The molecular formula is C22H42O4. The Morgan fingerprint density at radius 2 is 1.15 bits per heavy atom. The van der Waals surface area contributed by atoms with Gasteiger partial charge in [0, 0.05) is 0 Å². The van der Waals surface area contributed by atoms with Gasteiger partial charge in [-0.1, -0.05) is 85.0 Å². The molecule has 0 atom stereocenters. The third kappa shape index (κ3) is 16.4. The summed E-state index contributed by atoms with van der Waals surface area (Å²) >= 11 is 0. The zero-order valence-electron chi connectivity index (χ0n) is 17.5. The van der Waals surface area contributed by atoms with Crippen molar-refractivity contribution in [1.29, 1.82) is 0 Å². The molecular weight excluding hydrogens is 328 g/mol. The topological polar surface area (TPSA) is 52.6 Å². The van der Waals surface area contributed by atoms with Crippen molar-refractivity contribution in [3.05, 3.63) is 0 Å². The number of carbonyl (C=O) groups excluding carboxylic acids is 2. The maximum Gasteiger partial charge on any atom is 0.306 e. The van der Waals surface area contributed by atoms with Crippen molar-refractivity contribution < 1.29 is 19.1 Å². The lowest BCUT2D eigenvalue weighted by atomic mass is 10.1. The average molecular weight is 371 g/mol. The second kappa shape index (κ2) is 18.7. The second-order valence-electron chi connectivity index (χ2n) is 7.24. The standard InChI is InChI=1S/C22H42O4/c1-4-7-8-9-10-11-12-13-14-19-25-21(23)17-18-22(24)26-20(15-5-2)16-6-3/h20H,4-19H2,1-3H3. The molecule has 4 heteroatoms. The molecule has 0 saturated carbocycles. The van der Waals surface area contributed by atoms with E-state index >= 15 is 0 Å². The number of esters is 2. The van der Waals surface area contributed by atoms with E-state index in [2.05, 4.69) is 20.8 Å². The molecule has 0 spiro atoms. The van der Waals surface area contributed by atoms with Gasteiger partial charge in [0.2, 0.25) is 0 Å². The minimum atomic E-state index is -0.288. The van der Waals surface area contributed by atoms with E-state index in [1.54, 1.807) is 0 Å². The Morgan fingerprint density at radius 1 is 0.654 bits per heavy atom. The number of unbranched alkanes of at least 4 members (excludes halogenated alkanes) is 8. The van der Waals surface area contributed by atoms with Crippen molar-refractivity contribution in [2.75, 3.05) is 6.61 Å². The van der Waals surface area contributed by atoms with Crippen molar-refractivity contribution in [2.45, 2.75) is 123 Å². The van der Waals surface area contributed by atoms with E-state index in [-0.39, 0.29) is 30.9 Å². The number of carbonyl (C=O) groups is 2. The van der Waals surface area contributed by atoms with Crippen molar-refractivity contribution in [3.63, 3.8) is 0 Å². The summed E-state index contributed by atoms with van der Waals surface area (Å²) in [6.45, 7) is 6.87. The van der Waals surface area contributed by atoms with E-state index in [9.17, 15) is 9.59 Å². The molecule has 0 N–H and O–H groups in total. The molecule has 0 radical (unpaired) electrons. The van der Waals surface area contributed by atoms with Crippen LogP contribution in [0.25, 0.3) is 0 Å². The molecule has 0 aromatic heterocycles. The molecule has 0 unspecified atom stereocenters. The van der Waals surface area contributed by atoms with Gasteiger partial charge < -0.3 is 9.47 Å². The maximum absolute atomic E-state index is 11.8. The number of hydrogen-bond acceptors (Lipinski definition) is 4. The summed E-state index contributed by atoms with van der Waals surface area (Å²) in [6, 6.07) is 0. The van der Waals surface area contributed by atoms with Gasteiger partial charge in [-0.2, -0.15) is 0 Å². The summed E-state index contributed by atoms with van der Waals surface area (Å²) in [5.41, 5.74) is 0. The molecule has 0 heterocycles. The molecule has 0 aromatic carbocycles. The molecule has 0 bridgehead atoms. The van der Waals surface area contributed by atoms with E-state index in [1.165, 1.54) is 44.9 Å². The molecule has 26 heavy (non-hydrogen) atoms. The molecule has 154 valence electrons. The van der Waals surface area contributed by atoms with Crippen LogP contribution in [0.3, 0.4) is 0 Å². The molecule has 4 nitrogen and oxygen atoms in total. The zero-order chi connectivity index (χ0) is 19.5. The molecule has 0 aliphatic carbocycles. The van der Waals surface area contributed by atoms with Crippen LogP contribution in [0.5, 0.6) is 0 Å². The maximum atomic E-state index is 11.8. The first-order valence-corrected chi connectivity index (χ1v) is 11.0. The third-order valence-electron chi connectivity index (χ3n) is 4.56. The highest BCUT2D eigenvalue weighted by Crippen LogP contribution is 2.12. The highest BCUT2D eigenvalue weighted by atomic mass is 16.5. The van der Waals surface area contributed by atoms with Crippen LogP contribution < -0.4 is 0 Å². The predicted molar refractivity (Wildman–Crippen MR) is 107 cm³/mol. The van der Waals surface area contributed by atoms with Crippen molar-refractivity contribution in [2.24, 2.45) is 0 Å². The first-order chi connectivity index (χ1) is 12.6. The van der Waals surface area contributed by atoms with Gasteiger partial charge >= 0.3 is 11.9 Å². The number of ether oxygens (including phenoxy) is 2. The lowest BCUT2D eigenvalue weighted by molar-refractivity contribution is -0.154. The predicted octanol–water partition coefficient (Wildman–Crippen LogP) is 6.35. The van der Waals surface area contributed by atoms with Crippen LogP contribution in [0.2, 0.25) is 0 Å². The average Bonchev–Trinajstić information content (AvgIpc) is 2.62. The van der Waals surface area contributed by atoms with Crippen LogP contribution in [0, 0.1) is 0 Å². The molecule has 0 aliphatic heterocycles. The minimum absolute atomic E-state index is 0.00417. The monoisotopic (exact) mass is 370 g/mol. The van der Waals surface area contributed by atoms with E-state index in [1.807, 2.05) is 0 Å². The first-order valence-electron chi connectivity index (χ1n) is 11.0. The van der Waals surface area contributed by atoms with Gasteiger partial charge in [-0.15, -0.1) is 0 Å². The van der Waals surface area contributed by atoms with Gasteiger partial charge in [0.1, 0.15) is 6.10 Å². The Bertz CT molecular complexity index is 335. The number of rotatable bonds is 18. The molecule has 0 saturated heterocycles. The highest BCUT2D eigenvalue weighted by Gasteiger charge is 2.14. The summed E-state index contributed by atoms with van der Waals surface area (Å²) in [7, 11) is 0. The lowest BCUT2D eigenvalue weighted by Gasteiger charge is -2.16. The van der Waals surface area contributed by atoms with Crippen LogP contribution in [-0.2, 0) is 19.1 Å². The smallest absolute Gasteiger partial charge is 0.306 e. The fourth-order valence-electron chi connectivity index (χ4n) is 3.03. The normalized spacial score (nSPS) is 10.9. The summed E-state index contributed by atoms with van der Waals surface area (Å²) in [5.74, 6) is -0.569. The second-order valence-corrected chi connectivity index (χ2v) is 7.24. The zero-order valence-corrected chi connectivity index (χ0v) is 17.5. The largest absolute Gasteiger partial charge is 0.466 e. The van der Waals surface area contributed by atoms with Gasteiger partial charge in [-0.3, -0.25) is 9.59 Å².